The van der Waals surface area contributed by atoms with E-state index in [1.807, 2.05) is 0 Å². The molecule has 1 amide bonds. The van der Waals surface area contributed by atoms with E-state index in [1.165, 1.54) is 12.0 Å². The number of esters is 1. The van der Waals surface area contributed by atoms with Gasteiger partial charge in [0.1, 0.15) is 11.6 Å². The minimum absolute atomic E-state index is 0.433. The molecule has 18 heavy (non-hydrogen) atoms. The number of allylic oxidation sites excluding steroid dienone is 1. The normalized spacial score (nSPS) is 20.2. The molecule has 1 rings (SSSR count). The molecule has 1 aliphatic heterocycles. The quantitative estimate of drug-likeness (QED) is 0.697. The standard InChI is InChI=1S/C12H18BrNO4/c1-12(2,3)18-11(16)14-7-8(13)5-6-9(14)10(15)17-4/h7,9H,5-6H2,1-4H3. The highest BCUT2D eigenvalue weighted by Gasteiger charge is 2.34. The lowest BCUT2D eigenvalue weighted by molar-refractivity contribution is -0.146. The molecule has 0 aromatic carbocycles. The molecule has 0 bridgehead atoms. The Kier molecular flexibility index (Phi) is 4.78. The van der Waals surface area contributed by atoms with E-state index in [0.29, 0.717) is 12.8 Å². The molecule has 102 valence electrons. The highest BCUT2D eigenvalue weighted by molar-refractivity contribution is 9.11. The Morgan fingerprint density at radius 2 is 2.06 bits per heavy atom. The maximum atomic E-state index is 12.0. The van der Waals surface area contributed by atoms with Crippen LogP contribution in [-0.2, 0) is 14.3 Å². The van der Waals surface area contributed by atoms with Crippen LogP contribution in [0.25, 0.3) is 0 Å². The van der Waals surface area contributed by atoms with Crippen molar-refractivity contribution in [2.24, 2.45) is 0 Å². The van der Waals surface area contributed by atoms with E-state index in [2.05, 4.69) is 15.9 Å². The minimum Gasteiger partial charge on any atom is -0.467 e. The van der Waals surface area contributed by atoms with E-state index in [1.54, 1.807) is 27.0 Å². The summed E-state index contributed by atoms with van der Waals surface area (Å²) in [7, 11) is 1.31. The van der Waals surface area contributed by atoms with Crippen molar-refractivity contribution in [3.8, 4) is 0 Å². The van der Waals surface area contributed by atoms with Crippen LogP contribution in [0.3, 0.4) is 0 Å². The molecular formula is C12H18BrNO4. The van der Waals surface area contributed by atoms with Crippen LogP contribution in [0.2, 0.25) is 0 Å². The molecule has 0 saturated carbocycles. The second-order valence-electron chi connectivity index (χ2n) is 5.04. The molecule has 0 aliphatic carbocycles. The number of rotatable bonds is 1. The summed E-state index contributed by atoms with van der Waals surface area (Å²) < 4.78 is 10.8. The first kappa shape index (κ1) is 15.0. The molecule has 6 heteroatoms. The number of amides is 1. The summed E-state index contributed by atoms with van der Waals surface area (Å²) in [6.45, 7) is 5.34. The van der Waals surface area contributed by atoms with E-state index in [4.69, 9.17) is 9.47 Å². The number of methoxy groups -OCH3 is 1. The van der Waals surface area contributed by atoms with E-state index >= 15 is 0 Å². The predicted octanol–water partition coefficient (Wildman–Crippen LogP) is 2.80. The van der Waals surface area contributed by atoms with Gasteiger partial charge in [-0.05, 0) is 33.6 Å². The lowest BCUT2D eigenvalue weighted by Crippen LogP contribution is -2.46. The van der Waals surface area contributed by atoms with Gasteiger partial charge in [-0.25, -0.2) is 9.59 Å². The summed E-state index contributed by atoms with van der Waals surface area (Å²) in [5, 5.41) is 0. The third-order valence-electron chi connectivity index (χ3n) is 2.35. The second kappa shape index (κ2) is 5.73. The third-order valence-corrected chi connectivity index (χ3v) is 2.95. The zero-order valence-corrected chi connectivity index (χ0v) is 12.6. The van der Waals surface area contributed by atoms with E-state index in [0.717, 1.165) is 4.48 Å². The second-order valence-corrected chi connectivity index (χ2v) is 6.06. The van der Waals surface area contributed by atoms with Gasteiger partial charge in [-0.3, -0.25) is 4.90 Å². The molecule has 1 atom stereocenters. The lowest BCUT2D eigenvalue weighted by Gasteiger charge is -2.32. The summed E-state index contributed by atoms with van der Waals surface area (Å²) >= 11 is 3.33. The Morgan fingerprint density at radius 3 is 2.56 bits per heavy atom. The largest absolute Gasteiger partial charge is 0.467 e. The van der Waals surface area contributed by atoms with Crippen LogP contribution >= 0.6 is 15.9 Å². The number of halogens is 1. The monoisotopic (exact) mass is 319 g/mol. The number of ether oxygens (including phenoxy) is 2. The third kappa shape index (κ3) is 4.01. The fraction of sp³-hybridized carbons (Fsp3) is 0.667. The van der Waals surface area contributed by atoms with Crippen LogP contribution in [-0.4, -0.2) is 35.7 Å². The van der Waals surface area contributed by atoms with Crippen molar-refractivity contribution in [2.45, 2.75) is 45.3 Å². The van der Waals surface area contributed by atoms with Crippen molar-refractivity contribution >= 4 is 28.0 Å². The molecule has 0 saturated heterocycles. The first-order chi connectivity index (χ1) is 8.24. The van der Waals surface area contributed by atoms with Crippen LogP contribution in [0, 0.1) is 0 Å². The van der Waals surface area contributed by atoms with Gasteiger partial charge in [-0.15, -0.1) is 0 Å². The van der Waals surface area contributed by atoms with Crippen LogP contribution < -0.4 is 0 Å². The Morgan fingerprint density at radius 1 is 1.44 bits per heavy atom. The van der Waals surface area contributed by atoms with Crippen molar-refractivity contribution < 1.29 is 19.1 Å². The van der Waals surface area contributed by atoms with Gasteiger partial charge in [0.05, 0.1) is 7.11 Å². The summed E-state index contributed by atoms with van der Waals surface area (Å²) in [4.78, 5) is 24.9. The predicted molar refractivity (Wildman–Crippen MR) is 70.1 cm³/mol. The van der Waals surface area contributed by atoms with Gasteiger partial charge in [-0.1, -0.05) is 15.9 Å². The van der Waals surface area contributed by atoms with Gasteiger partial charge in [0.15, 0.2) is 0 Å². The average Bonchev–Trinajstić information content (AvgIpc) is 2.25. The van der Waals surface area contributed by atoms with Gasteiger partial charge in [0, 0.05) is 10.7 Å². The molecule has 5 nitrogen and oxygen atoms in total. The number of hydrogen-bond acceptors (Lipinski definition) is 4. The van der Waals surface area contributed by atoms with Gasteiger partial charge in [0.2, 0.25) is 0 Å². The molecule has 0 fully saturated rings. The fourth-order valence-corrected chi connectivity index (χ4v) is 2.03. The summed E-state index contributed by atoms with van der Waals surface area (Å²) in [6.07, 6.45) is 2.25. The Hall–Kier alpha value is -1.04. The van der Waals surface area contributed by atoms with Gasteiger partial charge < -0.3 is 9.47 Å². The molecule has 1 unspecified atom stereocenters. The first-order valence-corrected chi connectivity index (χ1v) is 6.49. The number of nitrogens with zero attached hydrogens (tertiary/aromatic N) is 1. The average molecular weight is 320 g/mol. The van der Waals surface area contributed by atoms with Crippen LogP contribution in [0.15, 0.2) is 10.7 Å². The molecule has 1 heterocycles. The molecule has 0 radical (unpaired) electrons. The van der Waals surface area contributed by atoms with Crippen molar-refractivity contribution in [1.82, 2.24) is 4.90 Å². The lowest BCUT2D eigenvalue weighted by atomic mass is 10.1. The van der Waals surface area contributed by atoms with Crippen molar-refractivity contribution in [1.29, 1.82) is 0 Å². The zero-order valence-electron chi connectivity index (χ0n) is 11.0. The smallest absolute Gasteiger partial charge is 0.415 e. The van der Waals surface area contributed by atoms with Crippen LogP contribution in [0.5, 0.6) is 0 Å². The van der Waals surface area contributed by atoms with Crippen LogP contribution in [0.4, 0.5) is 4.79 Å². The van der Waals surface area contributed by atoms with E-state index in [9.17, 15) is 9.59 Å². The highest BCUT2D eigenvalue weighted by atomic mass is 79.9. The Balaban J connectivity index is 2.89. The SMILES string of the molecule is COC(=O)C1CCC(Br)=CN1C(=O)OC(C)(C)C. The van der Waals surface area contributed by atoms with Crippen molar-refractivity contribution in [2.75, 3.05) is 7.11 Å². The molecule has 1 aliphatic rings. The van der Waals surface area contributed by atoms with E-state index in [-0.39, 0.29) is 0 Å². The van der Waals surface area contributed by atoms with Gasteiger partial charge >= 0.3 is 12.1 Å². The summed E-state index contributed by atoms with van der Waals surface area (Å²) in [5.74, 6) is -0.433. The Bertz CT molecular complexity index is 373. The zero-order chi connectivity index (χ0) is 13.9. The molecule has 0 N–H and O–H groups in total. The maximum Gasteiger partial charge on any atom is 0.415 e. The maximum absolute atomic E-state index is 12.0. The Labute approximate surface area is 115 Å². The van der Waals surface area contributed by atoms with E-state index < -0.39 is 23.7 Å². The molecule has 0 aromatic heterocycles. The van der Waals surface area contributed by atoms with Crippen molar-refractivity contribution in [3.63, 3.8) is 0 Å². The van der Waals surface area contributed by atoms with Gasteiger partial charge in [0.25, 0.3) is 0 Å². The summed E-state index contributed by atoms with van der Waals surface area (Å²) in [6, 6.07) is -0.619. The molecule has 0 aromatic rings. The first-order valence-electron chi connectivity index (χ1n) is 5.70. The number of carbonyl (C=O) groups is 2. The number of hydrogen-bond donors (Lipinski definition) is 0. The highest BCUT2D eigenvalue weighted by Crippen LogP contribution is 2.26. The minimum atomic E-state index is -0.619. The van der Waals surface area contributed by atoms with Crippen LogP contribution in [0.1, 0.15) is 33.6 Å². The molecule has 0 spiro atoms. The van der Waals surface area contributed by atoms with Crippen molar-refractivity contribution in [3.05, 3.63) is 10.7 Å². The topological polar surface area (TPSA) is 55.8 Å². The van der Waals surface area contributed by atoms with Gasteiger partial charge in [-0.2, -0.15) is 0 Å². The number of carbonyl (C=O) groups excluding carboxylic acids is 2. The summed E-state index contributed by atoms with van der Waals surface area (Å²) in [5.41, 5.74) is -0.602. The molecular weight excluding hydrogens is 302 g/mol. The fourth-order valence-electron chi connectivity index (χ4n) is 1.58.